The number of hydrogen-bond donors (Lipinski definition) is 1. The third kappa shape index (κ3) is 2.78. The minimum Gasteiger partial charge on any atom is -0.464 e. The van der Waals surface area contributed by atoms with Gasteiger partial charge in [0.05, 0.1) is 17.0 Å². The number of nitrogen functional groups attached to an aromatic ring is 1. The number of aromatic nitrogens is 1. The van der Waals surface area contributed by atoms with Crippen molar-refractivity contribution in [1.29, 1.82) is 0 Å². The summed E-state index contributed by atoms with van der Waals surface area (Å²) in [6.45, 7) is 0. The van der Waals surface area contributed by atoms with Gasteiger partial charge in [-0.15, -0.1) is 11.3 Å². The molecule has 2 aromatic heterocycles. The maximum absolute atomic E-state index is 11.3. The van der Waals surface area contributed by atoms with Crippen LogP contribution in [0, 0.1) is 0 Å². The predicted octanol–water partition coefficient (Wildman–Crippen LogP) is 2.66. The summed E-state index contributed by atoms with van der Waals surface area (Å²) in [4.78, 5) is 15.5. The molecule has 0 aliphatic rings. The van der Waals surface area contributed by atoms with Gasteiger partial charge >= 0.3 is 5.97 Å². The first-order valence-electron chi connectivity index (χ1n) is 4.77. The van der Waals surface area contributed by atoms with Crippen molar-refractivity contribution in [3.05, 3.63) is 35.3 Å². The second-order valence-electron chi connectivity index (χ2n) is 3.12. The average Bonchev–Trinajstić information content (AvgIpc) is 2.84. The fraction of sp³-hybridized carbons (Fsp3) is 0.0909. The lowest BCUT2D eigenvalue weighted by atomic mass is 10.3. The van der Waals surface area contributed by atoms with Crippen molar-refractivity contribution in [2.45, 2.75) is 9.24 Å². The molecule has 0 spiro atoms. The number of thiophene rings is 1. The number of carbonyl (C=O) groups is 1. The van der Waals surface area contributed by atoms with Crippen LogP contribution < -0.4 is 5.73 Å². The highest BCUT2D eigenvalue weighted by molar-refractivity contribution is 8.01. The Labute approximate surface area is 107 Å². The minimum absolute atomic E-state index is 0.265. The Morgan fingerprint density at radius 2 is 2.29 bits per heavy atom. The summed E-state index contributed by atoms with van der Waals surface area (Å²) in [5, 5.41) is 2.60. The van der Waals surface area contributed by atoms with Gasteiger partial charge in [0.2, 0.25) is 0 Å². The largest absolute Gasteiger partial charge is 0.464 e. The Balaban J connectivity index is 2.29. The number of anilines is 1. The number of carbonyl (C=O) groups excluding carboxylic acids is 1. The van der Waals surface area contributed by atoms with Crippen LogP contribution in [0.3, 0.4) is 0 Å². The van der Waals surface area contributed by atoms with Crippen molar-refractivity contribution in [1.82, 2.24) is 4.98 Å². The van der Waals surface area contributed by atoms with Crippen LogP contribution in [0.5, 0.6) is 0 Å². The molecule has 2 rings (SSSR count). The lowest BCUT2D eigenvalue weighted by Crippen LogP contribution is -2.05. The van der Waals surface area contributed by atoms with E-state index in [-0.39, 0.29) is 5.69 Å². The molecule has 0 amide bonds. The SMILES string of the molecule is COC(=O)c1ccc(N)c(Sc2cccs2)n1. The summed E-state index contributed by atoms with van der Waals surface area (Å²) in [6.07, 6.45) is 0. The van der Waals surface area contributed by atoms with E-state index in [2.05, 4.69) is 9.72 Å². The third-order valence-corrected chi connectivity index (χ3v) is 4.03. The number of rotatable bonds is 3. The van der Waals surface area contributed by atoms with Gasteiger partial charge in [-0.2, -0.15) is 0 Å². The average molecular weight is 266 g/mol. The van der Waals surface area contributed by atoms with Crippen LogP contribution in [0.2, 0.25) is 0 Å². The van der Waals surface area contributed by atoms with Gasteiger partial charge in [0.15, 0.2) is 0 Å². The molecule has 0 saturated carbocycles. The van der Waals surface area contributed by atoms with E-state index >= 15 is 0 Å². The molecule has 2 aromatic rings. The summed E-state index contributed by atoms with van der Waals surface area (Å²) in [6, 6.07) is 7.14. The fourth-order valence-electron chi connectivity index (χ4n) is 1.17. The second-order valence-corrected chi connectivity index (χ2v) is 5.35. The summed E-state index contributed by atoms with van der Waals surface area (Å²) >= 11 is 3.04. The van der Waals surface area contributed by atoms with Gasteiger partial charge < -0.3 is 10.5 Å². The number of esters is 1. The molecule has 6 heteroatoms. The van der Waals surface area contributed by atoms with Crippen molar-refractivity contribution in [2.75, 3.05) is 12.8 Å². The number of pyridine rings is 1. The number of methoxy groups -OCH3 is 1. The molecular weight excluding hydrogens is 256 g/mol. The van der Waals surface area contributed by atoms with Crippen LogP contribution >= 0.6 is 23.1 Å². The number of ether oxygens (including phenoxy) is 1. The third-order valence-electron chi connectivity index (χ3n) is 1.98. The van der Waals surface area contributed by atoms with Crippen LogP contribution in [0.15, 0.2) is 38.9 Å². The van der Waals surface area contributed by atoms with Gasteiger partial charge in [0.25, 0.3) is 0 Å². The van der Waals surface area contributed by atoms with Crippen LogP contribution in [0.1, 0.15) is 10.5 Å². The maximum atomic E-state index is 11.3. The molecule has 0 aromatic carbocycles. The summed E-state index contributed by atoms with van der Waals surface area (Å²) < 4.78 is 5.69. The molecule has 0 aliphatic heterocycles. The smallest absolute Gasteiger partial charge is 0.356 e. The normalized spacial score (nSPS) is 10.2. The van der Waals surface area contributed by atoms with Gasteiger partial charge in [-0.05, 0) is 23.6 Å². The molecule has 0 unspecified atom stereocenters. The molecule has 0 bridgehead atoms. The lowest BCUT2D eigenvalue weighted by Gasteiger charge is -2.04. The van der Waals surface area contributed by atoms with E-state index in [1.54, 1.807) is 23.5 Å². The van der Waals surface area contributed by atoms with E-state index in [1.807, 2.05) is 17.5 Å². The first-order chi connectivity index (χ1) is 8.20. The van der Waals surface area contributed by atoms with Crippen molar-refractivity contribution < 1.29 is 9.53 Å². The maximum Gasteiger partial charge on any atom is 0.356 e. The Bertz CT molecular complexity index is 526. The molecule has 17 heavy (non-hydrogen) atoms. The topological polar surface area (TPSA) is 65.2 Å². The first-order valence-corrected chi connectivity index (χ1v) is 6.46. The van der Waals surface area contributed by atoms with Crippen molar-refractivity contribution in [3.8, 4) is 0 Å². The van der Waals surface area contributed by atoms with Gasteiger partial charge in [-0.1, -0.05) is 17.8 Å². The number of nitrogens with two attached hydrogens (primary N) is 1. The molecule has 4 nitrogen and oxygen atoms in total. The van der Waals surface area contributed by atoms with Gasteiger partial charge in [0, 0.05) is 0 Å². The molecule has 0 aliphatic carbocycles. The van der Waals surface area contributed by atoms with Gasteiger partial charge in [-0.3, -0.25) is 0 Å². The minimum atomic E-state index is -0.460. The Morgan fingerprint density at radius 3 is 2.94 bits per heavy atom. The highest BCUT2D eigenvalue weighted by Crippen LogP contribution is 2.33. The van der Waals surface area contributed by atoms with Crippen molar-refractivity contribution >= 4 is 34.8 Å². The Hall–Kier alpha value is -1.53. The van der Waals surface area contributed by atoms with E-state index in [1.165, 1.54) is 18.9 Å². The zero-order valence-corrected chi connectivity index (χ0v) is 10.7. The molecule has 2 N–H and O–H groups in total. The van der Waals surface area contributed by atoms with E-state index < -0.39 is 5.97 Å². The summed E-state index contributed by atoms with van der Waals surface area (Å²) in [7, 11) is 1.33. The summed E-state index contributed by atoms with van der Waals surface area (Å²) in [5.41, 5.74) is 6.63. The molecule has 0 saturated heterocycles. The predicted molar refractivity (Wildman–Crippen MR) is 68.4 cm³/mol. The highest BCUT2D eigenvalue weighted by Gasteiger charge is 2.11. The Kier molecular flexibility index (Phi) is 3.65. The van der Waals surface area contributed by atoms with E-state index in [0.29, 0.717) is 10.7 Å². The fourth-order valence-corrected chi connectivity index (χ4v) is 2.88. The second kappa shape index (κ2) is 5.20. The monoisotopic (exact) mass is 266 g/mol. The van der Waals surface area contributed by atoms with Crippen molar-refractivity contribution in [2.24, 2.45) is 0 Å². The van der Waals surface area contributed by atoms with Crippen LogP contribution in [0.4, 0.5) is 5.69 Å². The quantitative estimate of drug-likeness (QED) is 0.865. The highest BCUT2D eigenvalue weighted by atomic mass is 32.2. The van der Waals surface area contributed by atoms with Crippen molar-refractivity contribution in [3.63, 3.8) is 0 Å². The van der Waals surface area contributed by atoms with E-state index in [4.69, 9.17) is 5.73 Å². The van der Waals surface area contributed by atoms with Gasteiger partial charge in [0.1, 0.15) is 10.7 Å². The standard InChI is InChI=1S/C11H10N2O2S2/c1-15-11(14)8-5-4-7(12)10(13-8)17-9-3-2-6-16-9/h2-6H,12H2,1H3. The zero-order chi connectivity index (χ0) is 12.3. The van der Waals surface area contributed by atoms with Crippen LogP contribution in [-0.2, 0) is 4.74 Å². The zero-order valence-electron chi connectivity index (χ0n) is 9.04. The first kappa shape index (κ1) is 11.9. The molecular formula is C11H10N2O2S2. The van der Waals surface area contributed by atoms with E-state index in [0.717, 1.165) is 4.21 Å². The Morgan fingerprint density at radius 1 is 1.47 bits per heavy atom. The molecule has 88 valence electrons. The van der Waals surface area contributed by atoms with Gasteiger partial charge in [-0.25, -0.2) is 9.78 Å². The van der Waals surface area contributed by atoms with Crippen LogP contribution in [-0.4, -0.2) is 18.1 Å². The van der Waals surface area contributed by atoms with Crippen LogP contribution in [0.25, 0.3) is 0 Å². The number of nitrogens with zero attached hydrogens (tertiary/aromatic N) is 1. The molecule has 0 fully saturated rings. The molecule has 0 radical (unpaired) electrons. The number of hydrogen-bond acceptors (Lipinski definition) is 6. The molecule has 2 heterocycles. The summed E-state index contributed by atoms with van der Waals surface area (Å²) in [5.74, 6) is -0.460. The van der Waals surface area contributed by atoms with E-state index in [9.17, 15) is 4.79 Å². The lowest BCUT2D eigenvalue weighted by molar-refractivity contribution is 0.0593. The molecule has 0 atom stereocenters.